The second kappa shape index (κ2) is 27.0. The number of carboxylic acids is 1. The number of hydrogen-bond acceptors (Lipinski definition) is 12. The van der Waals surface area contributed by atoms with Crippen molar-refractivity contribution in [2.24, 2.45) is 22.5 Å². The van der Waals surface area contributed by atoms with E-state index in [9.17, 15) is 34.2 Å². The van der Waals surface area contributed by atoms with Crippen molar-refractivity contribution in [2.75, 3.05) is 6.61 Å². The van der Waals surface area contributed by atoms with Gasteiger partial charge in [0.2, 0.25) is 0 Å². The van der Waals surface area contributed by atoms with Gasteiger partial charge in [0.15, 0.2) is 17.5 Å². The minimum Gasteiger partial charge on any atom is -0.542 e. The molecule has 1 aliphatic heterocycles. The van der Waals surface area contributed by atoms with Crippen LogP contribution in [-0.4, -0.2) is 99.0 Å². The largest absolute Gasteiger partial charge is 1.00 e. The number of ether oxygens (including phenoxy) is 3. The molecule has 0 spiro atoms. The van der Waals surface area contributed by atoms with Gasteiger partial charge in [0, 0.05) is 31.6 Å². The number of aliphatic hydroxyl groups excluding tert-OH is 1. The average molecular weight is 1090 g/mol. The molecular formula is C51H68NO13Os. The molecule has 7 unspecified atom stereocenters. The molecule has 363 valence electrons. The Kier molecular flexibility index (Phi) is 24.2. The van der Waals surface area contributed by atoms with Crippen LogP contribution in [0.2, 0.25) is 0 Å². The summed E-state index contributed by atoms with van der Waals surface area (Å²) >= 11 is 0. The number of hydrogen-bond donors (Lipinski definition) is 5. The number of aryl methyl sites for hydroxylation is 2. The zero-order valence-electron chi connectivity index (χ0n) is 39.5. The molecule has 7 atom stereocenters. The second-order valence-corrected chi connectivity index (χ2v) is 17.6. The Bertz CT molecular complexity index is 2040. The molecule has 4 aliphatic rings. The van der Waals surface area contributed by atoms with Gasteiger partial charge in [-0.15, -0.1) is 6.42 Å². The monoisotopic (exact) mass is 1090 g/mol. The van der Waals surface area contributed by atoms with E-state index in [-0.39, 0.29) is 45.7 Å². The number of rotatable bonds is 6. The number of carbonyl (C=O) groups excluding carboxylic acids is 4. The van der Waals surface area contributed by atoms with Crippen molar-refractivity contribution >= 4 is 36.4 Å². The molecule has 1 heterocycles. The Hall–Kier alpha value is -4.90. The van der Waals surface area contributed by atoms with E-state index >= 15 is 0 Å². The van der Waals surface area contributed by atoms with Gasteiger partial charge in [-0.05, 0) is 63.8 Å². The van der Waals surface area contributed by atoms with E-state index in [1.54, 1.807) is 37.3 Å². The number of benzene rings is 3. The summed E-state index contributed by atoms with van der Waals surface area (Å²) in [7, 11) is 0. The molecule has 2 bridgehead atoms. The summed E-state index contributed by atoms with van der Waals surface area (Å²) in [6.07, 6.45) is 1.52. The van der Waals surface area contributed by atoms with E-state index in [2.05, 4.69) is 19.1 Å². The van der Waals surface area contributed by atoms with Gasteiger partial charge >= 0.3 is 37.7 Å². The SMILES string of the molecule is CC(=O)OC1C(=O)C2(C)C(O)CC3OCC3(OC(C)=O)C2CC2(O)CCC(C)=C1C2(C)C.CC(C)N.Cc1ccccc1.O=C(O)c1ccccc1.O=CO.O=[C-]CCc1ccccc1.[Os+]. The number of allylic oxidation sites excluding steroid dienone is 1. The number of esters is 2. The zero-order chi connectivity index (χ0) is 49.2. The maximum absolute atomic E-state index is 14.2. The number of ketones is 1. The van der Waals surface area contributed by atoms with Gasteiger partial charge in [-0.25, -0.2) is 4.79 Å². The Morgan fingerprint density at radius 3 is 1.82 bits per heavy atom. The molecule has 3 aromatic carbocycles. The van der Waals surface area contributed by atoms with E-state index in [0.717, 1.165) is 12.0 Å². The number of aromatic carboxylic acids is 1. The van der Waals surface area contributed by atoms with Crippen LogP contribution in [0.15, 0.2) is 102 Å². The van der Waals surface area contributed by atoms with Crippen molar-refractivity contribution < 1.29 is 83.2 Å². The molecule has 6 N–H and O–H groups in total. The molecule has 0 amide bonds. The summed E-state index contributed by atoms with van der Waals surface area (Å²) in [5, 5.41) is 38.6. The number of fused-ring (bicyclic) bond motifs is 5. The van der Waals surface area contributed by atoms with E-state index in [1.165, 1.54) is 25.0 Å². The molecule has 2 saturated carbocycles. The van der Waals surface area contributed by atoms with Gasteiger partial charge in [0.25, 0.3) is 6.47 Å². The number of carbonyl (C=O) groups is 5. The van der Waals surface area contributed by atoms with Gasteiger partial charge in [0.05, 0.1) is 29.3 Å². The predicted molar refractivity (Wildman–Crippen MR) is 245 cm³/mol. The quantitative estimate of drug-likeness (QED) is 0.0723. The van der Waals surface area contributed by atoms with Gasteiger partial charge in [0.1, 0.15) is 6.10 Å². The van der Waals surface area contributed by atoms with Crippen LogP contribution in [0.25, 0.3) is 0 Å². The van der Waals surface area contributed by atoms with E-state index in [0.29, 0.717) is 36.4 Å². The maximum atomic E-state index is 14.2. The van der Waals surface area contributed by atoms with Crippen molar-refractivity contribution in [3.63, 3.8) is 0 Å². The fourth-order valence-electron chi connectivity index (χ4n) is 8.82. The Morgan fingerprint density at radius 2 is 1.42 bits per heavy atom. The van der Waals surface area contributed by atoms with Crippen molar-refractivity contribution in [1.82, 2.24) is 0 Å². The standard InChI is InChI=1S/C24H34O8.C9H9O.C7H6O2.C7H8.C3H9N.CH2O2.Os/c1-12-7-8-23(29)10-15-22(6,16(27)9-17-24(15,11-30-17)32-14(3)26)20(28)19(31-13(2)25)18(12)21(23,4)5;10-8-4-7-9-5-2-1-3-6-9;8-7(9)6-4-2-1-3-5-6;1-7-5-3-2-4-6-7;1-3(2)4;2-1-3;/h15-17,19,27,29H,7-11H2,1-6H3;1-3,5-6H,4,7H2;1-5H,(H,8,9);2-6H,1H3;3H,4H2,1-2H3;1H,(H,2,3);/q;-1;;;;;+1. The third-order valence-corrected chi connectivity index (χ3v) is 12.2. The van der Waals surface area contributed by atoms with Crippen LogP contribution in [0.4, 0.5) is 0 Å². The molecule has 66 heavy (non-hydrogen) atoms. The average Bonchev–Trinajstić information content (AvgIpc) is 3.24. The number of carboxylic acid groups (broad SMARTS) is 2. The van der Waals surface area contributed by atoms with Gasteiger partial charge in [-0.1, -0.05) is 130 Å². The number of Topliss-reactive ketones (excluding diaryl/α,β-unsaturated/α-hetero) is 1. The summed E-state index contributed by atoms with van der Waals surface area (Å²) in [6, 6.07) is 28.8. The summed E-state index contributed by atoms with van der Waals surface area (Å²) in [4.78, 5) is 66.8. The first kappa shape index (κ1) is 59.1. The summed E-state index contributed by atoms with van der Waals surface area (Å²) in [6.45, 7) is 15.6. The Balaban J connectivity index is 0.000000516. The predicted octanol–water partition coefficient (Wildman–Crippen LogP) is 7.01. The minimum absolute atomic E-state index is 0. The topological polar surface area (TPSA) is 237 Å². The normalized spacial score (nSPS) is 26.0. The van der Waals surface area contributed by atoms with Crippen LogP contribution in [0.5, 0.6) is 0 Å². The van der Waals surface area contributed by atoms with Crippen molar-refractivity contribution in [2.45, 2.75) is 136 Å². The van der Waals surface area contributed by atoms with Crippen LogP contribution >= 0.6 is 0 Å². The van der Waals surface area contributed by atoms with Gasteiger partial charge < -0.3 is 45.2 Å². The third kappa shape index (κ3) is 15.3. The first-order chi connectivity index (χ1) is 30.5. The number of nitrogens with two attached hydrogens (primary N) is 1. The first-order valence-corrected chi connectivity index (χ1v) is 21.6. The number of aliphatic hydroxyl groups is 2. The molecule has 14 nitrogen and oxygen atoms in total. The minimum atomic E-state index is -1.41. The zero-order valence-corrected chi connectivity index (χ0v) is 42.0. The van der Waals surface area contributed by atoms with Crippen molar-refractivity contribution in [3.05, 3.63) is 119 Å². The summed E-state index contributed by atoms with van der Waals surface area (Å²) in [5.74, 6) is -3.13. The second-order valence-electron chi connectivity index (χ2n) is 17.6. The van der Waals surface area contributed by atoms with Crippen LogP contribution < -0.4 is 5.73 Å². The smallest absolute Gasteiger partial charge is 0.542 e. The molecule has 15 heteroatoms. The Morgan fingerprint density at radius 1 is 0.924 bits per heavy atom. The molecule has 0 aromatic heterocycles. The molecule has 7 rings (SSSR count). The fraction of sp³-hybridized carbons (Fsp3) is 0.490. The van der Waals surface area contributed by atoms with E-state index in [4.69, 9.17) is 35.0 Å². The summed E-state index contributed by atoms with van der Waals surface area (Å²) in [5.41, 5.74) is 4.78. The molecule has 1 saturated heterocycles. The van der Waals surface area contributed by atoms with Crippen LogP contribution in [-0.2, 0) is 64.4 Å². The maximum Gasteiger partial charge on any atom is 1.00 e. The molecule has 3 aromatic rings. The van der Waals surface area contributed by atoms with E-state index in [1.807, 2.05) is 89.4 Å². The van der Waals surface area contributed by atoms with Crippen molar-refractivity contribution in [1.29, 1.82) is 0 Å². The van der Waals surface area contributed by atoms with Crippen LogP contribution in [0, 0.1) is 23.7 Å². The fourth-order valence-corrected chi connectivity index (χ4v) is 8.82. The first-order valence-electron chi connectivity index (χ1n) is 21.6. The van der Waals surface area contributed by atoms with Crippen LogP contribution in [0.3, 0.4) is 0 Å². The van der Waals surface area contributed by atoms with Gasteiger partial charge in [-0.2, -0.15) is 0 Å². The van der Waals surface area contributed by atoms with Crippen LogP contribution in [0.1, 0.15) is 109 Å². The summed E-state index contributed by atoms with van der Waals surface area (Å²) < 4.78 is 17.1. The Labute approximate surface area is 402 Å². The molecule has 3 aliphatic carbocycles. The third-order valence-electron chi connectivity index (χ3n) is 12.2. The van der Waals surface area contributed by atoms with E-state index < -0.39 is 70.0 Å². The molecule has 1 radical (unpaired) electrons. The molecular weight excluding hydrogens is 1020 g/mol. The molecule has 3 fully saturated rings. The van der Waals surface area contributed by atoms with Crippen molar-refractivity contribution in [3.8, 4) is 0 Å². The van der Waals surface area contributed by atoms with Gasteiger partial charge in [-0.3, -0.25) is 25.5 Å².